The van der Waals surface area contributed by atoms with Crippen molar-refractivity contribution in [3.8, 4) is 0 Å². The molecule has 2 amide bonds. The smallest absolute Gasteiger partial charge is 0.329 e. The second-order valence-corrected chi connectivity index (χ2v) is 5.98. The molecule has 0 aromatic heterocycles. The zero-order valence-electron chi connectivity index (χ0n) is 12.2. The van der Waals surface area contributed by atoms with E-state index >= 15 is 0 Å². The van der Waals surface area contributed by atoms with Crippen LogP contribution in [0.5, 0.6) is 0 Å². The SMILES string of the molecule is CC(NC(=O)N1CCCCC1(C)C(=O)O)C1CCCO1. The van der Waals surface area contributed by atoms with E-state index in [1.54, 1.807) is 6.92 Å². The number of amides is 2. The quantitative estimate of drug-likeness (QED) is 0.825. The predicted molar refractivity (Wildman–Crippen MR) is 73.6 cm³/mol. The van der Waals surface area contributed by atoms with E-state index in [2.05, 4.69) is 5.32 Å². The number of nitrogens with zero attached hydrogens (tertiary/aromatic N) is 1. The third-order valence-corrected chi connectivity index (χ3v) is 4.47. The maximum absolute atomic E-state index is 12.4. The molecule has 0 aromatic rings. The Bertz CT molecular complexity index is 381. The van der Waals surface area contributed by atoms with E-state index in [4.69, 9.17) is 4.74 Å². The number of urea groups is 1. The summed E-state index contributed by atoms with van der Waals surface area (Å²) in [5.41, 5.74) is -1.10. The first-order valence-corrected chi connectivity index (χ1v) is 7.38. The number of rotatable bonds is 3. The molecule has 2 saturated heterocycles. The molecule has 6 nitrogen and oxygen atoms in total. The van der Waals surface area contributed by atoms with Gasteiger partial charge in [-0.15, -0.1) is 0 Å². The third kappa shape index (κ3) is 2.90. The maximum Gasteiger partial charge on any atom is 0.329 e. The summed E-state index contributed by atoms with van der Waals surface area (Å²) in [6.07, 6.45) is 4.20. The van der Waals surface area contributed by atoms with Crippen LogP contribution in [0.2, 0.25) is 0 Å². The van der Waals surface area contributed by atoms with Gasteiger partial charge < -0.3 is 20.1 Å². The van der Waals surface area contributed by atoms with Gasteiger partial charge in [0.05, 0.1) is 12.1 Å². The topological polar surface area (TPSA) is 78.9 Å². The first-order valence-electron chi connectivity index (χ1n) is 7.38. The number of carboxylic acids is 1. The Labute approximate surface area is 119 Å². The van der Waals surface area contributed by atoms with Crippen LogP contribution in [0.3, 0.4) is 0 Å². The van der Waals surface area contributed by atoms with E-state index in [0.717, 1.165) is 32.3 Å². The van der Waals surface area contributed by atoms with Gasteiger partial charge in [0.1, 0.15) is 5.54 Å². The standard InChI is InChI=1S/C14H24N2O4/c1-10(11-6-5-9-20-11)15-13(19)16-8-4-3-7-14(16,2)12(17)18/h10-11H,3-9H2,1-2H3,(H,15,19)(H,17,18). The third-order valence-electron chi connectivity index (χ3n) is 4.47. The highest BCUT2D eigenvalue weighted by Crippen LogP contribution is 2.28. The monoisotopic (exact) mass is 284 g/mol. The number of nitrogens with one attached hydrogen (secondary N) is 1. The van der Waals surface area contributed by atoms with Crippen LogP contribution in [0.4, 0.5) is 4.79 Å². The van der Waals surface area contributed by atoms with Crippen molar-refractivity contribution in [3.05, 3.63) is 0 Å². The molecule has 114 valence electrons. The second kappa shape index (κ2) is 5.99. The van der Waals surface area contributed by atoms with Crippen molar-refractivity contribution >= 4 is 12.0 Å². The summed E-state index contributed by atoms with van der Waals surface area (Å²) >= 11 is 0. The zero-order chi connectivity index (χ0) is 14.8. The second-order valence-electron chi connectivity index (χ2n) is 5.98. The summed E-state index contributed by atoms with van der Waals surface area (Å²) in [5.74, 6) is -0.933. The molecule has 3 unspecified atom stereocenters. The van der Waals surface area contributed by atoms with Gasteiger partial charge in [0.25, 0.3) is 0 Å². The highest BCUT2D eigenvalue weighted by atomic mass is 16.5. The number of carboxylic acid groups (broad SMARTS) is 1. The minimum Gasteiger partial charge on any atom is -0.480 e. The summed E-state index contributed by atoms with van der Waals surface area (Å²) in [4.78, 5) is 25.3. The van der Waals surface area contributed by atoms with E-state index in [1.807, 2.05) is 6.92 Å². The normalized spacial score (nSPS) is 31.9. The average molecular weight is 284 g/mol. The van der Waals surface area contributed by atoms with E-state index < -0.39 is 11.5 Å². The Morgan fingerprint density at radius 2 is 2.15 bits per heavy atom. The van der Waals surface area contributed by atoms with Gasteiger partial charge in [-0.05, 0) is 46.0 Å². The number of likely N-dealkylation sites (tertiary alicyclic amines) is 1. The van der Waals surface area contributed by atoms with Crippen molar-refractivity contribution in [1.82, 2.24) is 10.2 Å². The lowest BCUT2D eigenvalue weighted by atomic mass is 9.89. The summed E-state index contributed by atoms with van der Waals surface area (Å²) in [5, 5.41) is 12.3. The van der Waals surface area contributed by atoms with Crippen LogP contribution in [0.15, 0.2) is 0 Å². The predicted octanol–water partition coefficient (Wildman–Crippen LogP) is 1.59. The lowest BCUT2D eigenvalue weighted by Crippen LogP contribution is -2.61. The molecule has 0 aromatic carbocycles. The van der Waals surface area contributed by atoms with Gasteiger partial charge in [-0.25, -0.2) is 9.59 Å². The number of hydrogen-bond donors (Lipinski definition) is 2. The average Bonchev–Trinajstić information content (AvgIpc) is 2.92. The van der Waals surface area contributed by atoms with E-state index in [0.29, 0.717) is 13.0 Å². The van der Waals surface area contributed by atoms with Crippen molar-refractivity contribution in [3.63, 3.8) is 0 Å². The van der Waals surface area contributed by atoms with Crippen molar-refractivity contribution in [1.29, 1.82) is 0 Å². The van der Waals surface area contributed by atoms with Gasteiger partial charge in [0.15, 0.2) is 0 Å². The molecule has 20 heavy (non-hydrogen) atoms. The molecular weight excluding hydrogens is 260 g/mol. The number of carbonyl (C=O) groups is 2. The summed E-state index contributed by atoms with van der Waals surface area (Å²) in [6, 6.07) is -0.387. The minimum absolute atomic E-state index is 0.0415. The van der Waals surface area contributed by atoms with Crippen LogP contribution in [0, 0.1) is 0 Å². The van der Waals surface area contributed by atoms with E-state index in [9.17, 15) is 14.7 Å². The highest BCUT2D eigenvalue weighted by molar-refractivity contribution is 5.86. The summed E-state index contributed by atoms with van der Waals surface area (Å²) < 4.78 is 5.55. The molecule has 2 heterocycles. The number of ether oxygens (including phenoxy) is 1. The number of hydrogen-bond acceptors (Lipinski definition) is 3. The Kier molecular flexibility index (Phi) is 4.52. The van der Waals surface area contributed by atoms with Crippen molar-refractivity contribution in [2.45, 2.75) is 63.6 Å². The Morgan fingerprint density at radius 3 is 2.75 bits per heavy atom. The van der Waals surface area contributed by atoms with E-state index in [-0.39, 0.29) is 18.2 Å². The highest BCUT2D eigenvalue weighted by Gasteiger charge is 2.44. The lowest BCUT2D eigenvalue weighted by Gasteiger charge is -2.42. The first kappa shape index (κ1) is 15.1. The Balaban J connectivity index is 2.00. The van der Waals surface area contributed by atoms with Gasteiger partial charge >= 0.3 is 12.0 Å². The van der Waals surface area contributed by atoms with Gasteiger partial charge in [-0.1, -0.05) is 0 Å². The van der Waals surface area contributed by atoms with Gasteiger partial charge in [0.2, 0.25) is 0 Å². The molecule has 6 heteroatoms. The van der Waals surface area contributed by atoms with E-state index in [1.165, 1.54) is 4.90 Å². The van der Waals surface area contributed by atoms with Crippen LogP contribution in [0.25, 0.3) is 0 Å². The maximum atomic E-state index is 12.4. The van der Waals surface area contributed by atoms with Gasteiger partial charge in [-0.2, -0.15) is 0 Å². The minimum atomic E-state index is -1.10. The molecule has 2 fully saturated rings. The van der Waals surface area contributed by atoms with Gasteiger partial charge in [0, 0.05) is 13.2 Å². The van der Waals surface area contributed by atoms with Gasteiger partial charge in [-0.3, -0.25) is 0 Å². The first-order chi connectivity index (χ1) is 9.45. The molecule has 3 atom stereocenters. The van der Waals surface area contributed by atoms with Crippen LogP contribution >= 0.6 is 0 Å². The van der Waals surface area contributed by atoms with Crippen LogP contribution < -0.4 is 5.32 Å². The zero-order valence-corrected chi connectivity index (χ0v) is 12.2. The molecule has 0 radical (unpaired) electrons. The Morgan fingerprint density at radius 1 is 1.40 bits per heavy atom. The Hall–Kier alpha value is -1.30. The molecular formula is C14H24N2O4. The number of piperidine rings is 1. The van der Waals surface area contributed by atoms with Crippen LogP contribution in [0.1, 0.15) is 46.0 Å². The van der Waals surface area contributed by atoms with Crippen molar-refractivity contribution in [2.75, 3.05) is 13.2 Å². The number of aliphatic carboxylic acids is 1. The molecule has 2 aliphatic rings. The molecule has 0 aliphatic carbocycles. The fourth-order valence-electron chi connectivity index (χ4n) is 3.03. The fraction of sp³-hybridized carbons (Fsp3) is 0.857. The molecule has 0 bridgehead atoms. The van der Waals surface area contributed by atoms with Crippen molar-refractivity contribution < 1.29 is 19.4 Å². The largest absolute Gasteiger partial charge is 0.480 e. The molecule has 0 spiro atoms. The van der Waals surface area contributed by atoms with Crippen molar-refractivity contribution in [2.24, 2.45) is 0 Å². The van der Waals surface area contributed by atoms with Crippen LogP contribution in [-0.2, 0) is 9.53 Å². The summed E-state index contributed by atoms with van der Waals surface area (Å²) in [7, 11) is 0. The molecule has 2 rings (SSSR count). The molecule has 0 saturated carbocycles. The molecule has 2 aliphatic heterocycles. The lowest BCUT2D eigenvalue weighted by molar-refractivity contribution is -0.150. The summed E-state index contributed by atoms with van der Waals surface area (Å²) in [6.45, 7) is 4.77. The number of carbonyl (C=O) groups excluding carboxylic acids is 1. The van der Waals surface area contributed by atoms with Crippen LogP contribution in [-0.4, -0.2) is 52.8 Å². The fourth-order valence-corrected chi connectivity index (χ4v) is 3.03. The molecule has 2 N–H and O–H groups in total.